The molecule has 0 unspecified atom stereocenters. The Hall–Kier alpha value is -4.29. The number of thioether (sulfide) groups is 1. The molecule has 0 spiro atoms. The lowest BCUT2D eigenvalue weighted by atomic mass is 10.1. The van der Waals surface area contributed by atoms with Crippen LogP contribution in [0, 0.1) is 13.8 Å². The van der Waals surface area contributed by atoms with Crippen molar-refractivity contribution in [3.63, 3.8) is 0 Å². The first-order valence-corrected chi connectivity index (χ1v) is 15.3. The molecule has 2 aliphatic rings. The number of fused-ring (bicyclic) bond motifs is 1. The topological polar surface area (TPSA) is 43.9 Å². The fourth-order valence-electron chi connectivity index (χ4n) is 5.80. The van der Waals surface area contributed by atoms with Crippen molar-refractivity contribution in [2.75, 3.05) is 29.4 Å². The largest absolute Gasteiger partial charge is 0.365 e. The van der Waals surface area contributed by atoms with E-state index in [1.54, 1.807) is 0 Å². The predicted octanol–water partition coefficient (Wildman–Crippen LogP) is 7.33. The highest BCUT2D eigenvalue weighted by Crippen LogP contribution is 2.42. The smallest absolute Gasteiger partial charge is 0.265 e. The molecule has 1 fully saturated rings. The van der Waals surface area contributed by atoms with Gasteiger partial charge in [0.05, 0.1) is 17.1 Å². The molecule has 2 amide bonds. The third-order valence-electron chi connectivity index (χ3n) is 7.96. The van der Waals surface area contributed by atoms with Gasteiger partial charge in [-0.1, -0.05) is 78.0 Å². The summed E-state index contributed by atoms with van der Waals surface area (Å²) < 4.78 is 0. The molecule has 0 radical (unpaired) electrons. The van der Waals surface area contributed by atoms with Gasteiger partial charge < -0.3 is 14.7 Å². The average molecular weight is 574 g/mol. The maximum Gasteiger partial charge on any atom is 0.265 e. The summed E-state index contributed by atoms with van der Waals surface area (Å²) in [5.41, 5.74) is 7.22. The minimum absolute atomic E-state index is 0.0131. The van der Waals surface area contributed by atoms with Crippen LogP contribution in [0.25, 0.3) is 6.08 Å². The normalized spacial score (nSPS) is 17.9. The minimum Gasteiger partial charge on any atom is -0.365 e. The van der Waals surface area contributed by atoms with Crippen LogP contribution in [0.2, 0.25) is 0 Å². The van der Waals surface area contributed by atoms with Crippen molar-refractivity contribution in [1.29, 1.82) is 0 Å². The lowest BCUT2D eigenvalue weighted by Crippen LogP contribution is -2.53. The quantitative estimate of drug-likeness (QED) is 0.235. The number of piperazine rings is 1. The molecule has 6 rings (SSSR count). The standard InChI is InChI=1S/C36H35N3O2S/c1-25-8-6-10-29(20-25)24-39-32-12-4-5-13-33(32)42-34(36(39)41)22-28-14-16-30(17-15-28)35(40)37-18-19-38(27(3)23-37)31-11-7-9-26(2)21-31/h4-17,20-22,27H,18-19,23-24H2,1-3H3/b34-22+/t27-/m0/s1. The second-order valence-corrected chi connectivity index (χ2v) is 12.3. The molecule has 2 heterocycles. The molecule has 5 nitrogen and oxygen atoms in total. The Labute approximate surface area is 252 Å². The van der Waals surface area contributed by atoms with Gasteiger partial charge in [0.2, 0.25) is 0 Å². The molecule has 0 saturated carbocycles. The maximum atomic E-state index is 13.7. The van der Waals surface area contributed by atoms with Gasteiger partial charge >= 0.3 is 0 Å². The van der Waals surface area contributed by atoms with Crippen LogP contribution >= 0.6 is 11.8 Å². The van der Waals surface area contributed by atoms with Crippen LogP contribution in [0.5, 0.6) is 0 Å². The predicted molar refractivity (Wildman–Crippen MR) is 173 cm³/mol. The number of anilines is 2. The minimum atomic E-state index is -0.0131. The summed E-state index contributed by atoms with van der Waals surface area (Å²) in [5.74, 6) is 0.0344. The van der Waals surface area contributed by atoms with Gasteiger partial charge in [-0.2, -0.15) is 0 Å². The van der Waals surface area contributed by atoms with Crippen molar-refractivity contribution in [2.24, 2.45) is 0 Å². The van der Waals surface area contributed by atoms with E-state index in [0.29, 0.717) is 30.1 Å². The molecule has 2 aliphatic heterocycles. The number of carbonyl (C=O) groups is 2. The Morgan fingerprint density at radius 1 is 0.881 bits per heavy atom. The second-order valence-electron chi connectivity index (χ2n) is 11.2. The van der Waals surface area contributed by atoms with E-state index in [4.69, 9.17) is 0 Å². The molecule has 0 aliphatic carbocycles. The molecule has 0 aromatic heterocycles. The lowest BCUT2D eigenvalue weighted by molar-refractivity contribution is -0.114. The Bertz CT molecular complexity index is 1660. The first kappa shape index (κ1) is 27.9. The van der Waals surface area contributed by atoms with Gasteiger partial charge in [-0.25, -0.2) is 0 Å². The third kappa shape index (κ3) is 5.86. The molecule has 42 heavy (non-hydrogen) atoms. The fourth-order valence-corrected chi connectivity index (χ4v) is 6.86. The van der Waals surface area contributed by atoms with Gasteiger partial charge in [0.1, 0.15) is 0 Å². The Morgan fingerprint density at radius 3 is 2.36 bits per heavy atom. The number of amides is 2. The summed E-state index contributed by atoms with van der Waals surface area (Å²) >= 11 is 1.50. The van der Waals surface area contributed by atoms with Gasteiger partial charge in [0.25, 0.3) is 11.8 Å². The van der Waals surface area contributed by atoms with Crippen LogP contribution in [0.4, 0.5) is 11.4 Å². The third-order valence-corrected chi connectivity index (χ3v) is 9.04. The summed E-state index contributed by atoms with van der Waals surface area (Å²) in [6.07, 6.45) is 1.93. The molecule has 6 heteroatoms. The first-order chi connectivity index (χ1) is 20.4. The van der Waals surface area contributed by atoms with Gasteiger partial charge in [0.15, 0.2) is 0 Å². The number of aryl methyl sites for hydroxylation is 2. The number of rotatable bonds is 5. The van der Waals surface area contributed by atoms with Gasteiger partial charge in [-0.15, -0.1) is 0 Å². The van der Waals surface area contributed by atoms with Crippen molar-refractivity contribution in [3.8, 4) is 0 Å². The van der Waals surface area contributed by atoms with Crippen molar-refractivity contribution >= 4 is 41.0 Å². The van der Waals surface area contributed by atoms with E-state index in [2.05, 4.69) is 74.2 Å². The monoisotopic (exact) mass is 573 g/mol. The van der Waals surface area contributed by atoms with Gasteiger partial charge in [-0.05, 0) is 79.9 Å². The highest BCUT2D eigenvalue weighted by Gasteiger charge is 2.30. The summed E-state index contributed by atoms with van der Waals surface area (Å²) in [5, 5.41) is 0. The average Bonchev–Trinajstić information content (AvgIpc) is 2.99. The summed E-state index contributed by atoms with van der Waals surface area (Å²) in [6.45, 7) is 9.03. The van der Waals surface area contributed by atoms with E-state index in [-0.39, 0.29) is 17.9 Å². The van der Waals surface area contributed by atoms with E-state index in [1.165, 1.54) is 28.6 Å². The van der Waals surface area contributed by atoms with Crippen molar-refractivity contribution in [2.45, 2.75) is 38.3 Å². The molecular weight excluding hydrogens is 538 g/mol. The number of para-hydroxylation sites is 1. The number of hydrogen-bond donors (Lipinski definition) is 0. The molecule has 4 aromatic rings. The van der Waals surface area contributed by atoms with E-state index >= 15 is 0 Å². The second kappa shape index (κ2) is 11.9. The van der Waals surface area contributed by atoms with Crippen LogP contribution in [-0.4, -0.2) is 42.4 Å². The molecule has 4 aromatic carbocycles. The Balaban J connectivity index is 1.17. The summed E-state index contributed by atoms with van der Waals surface area (Å²) in [6, 6.07) is 32.7. The highest BCUT2D eigenvalue weighted by atomic mass is 32.2. The zero-order chi connectivity index (χ0) is 29.2. The van der Waals surface area contributed by atoms with Crippen LogP contribution in [0.1, 0.15) is 39.5 Å². The zero-order valence-electron chi connectivity index (χ0n) is 24.3. The summed E-state index contributed by atoms with van der Waals surface area (Å²) in [4.78, 5) is 35.0. The van der Waals surface area contributed by atoms with Crippen molar-refractivity contribution < 1.29 is 9.59 Å². The highest BCUT2D eigenvalue weighted by molar-refractivity contribution is 8.04. The van der Waals surface area contributed by atoms with E-state index in [1.807, 2.05) is 64.4 Å². The van der Waals surface area contributed by atoms with Crippen LogP contribution in [-0.2, 0) is 11.3 Å². The Morgan fingerprint density at radius 2 is 1.62 bits per heavy atom. The maximum absolute atomic E-state index is 13.7. The van der Waals surface area contributed by atoms with Gasteiger partial charge in [-0.3, -0.25) is 9.59 Å². The number of carbonyl (C=O) groups excluding carboxylic acids is 2. The molecule has 0 bridgehead atoms. The molecule has 212 valence electrons. The SMILES string of the molecule is Cc1cccc(CN2C(=O)/C(=C\c3ccc(C(=O)N4CCN(c5cccc(C)c5)[C@@H](C)C4)cc3)Sc3ccccc32)c1. The molecular formula is C36H35N3O2S. The molecule has 0 N–H and O–H groups in total. The van der Waals surface area contributed by atoms with Crippen LogP contribution < -0.4 is 9.80 Å². The number of hydrogen-bond acceptors (Lipinski definition) is 4. The molecule has 1 atom stereocenters. The number of benzene rings is 4. The number of nitrogens with zero attached hydrogens (tertiary/aromatic N) is 3. The van der Waals surface area contributed by atoms with E-state index in [0.717, 1.165) is 28.3 Å². The van der Waals surface area contributed by atoms with Crippen molar-refractivity contribution in [3.05, 3.63) is 130 Å². The Kier molecular flexibility index (Phi) is 7.90. The molecule has 1 saturated heterocycles. The summed E-state index contributed by atoms with van der Waals surface area (Å²) in [7, 11) is 0. The first-order valence-electron chi connectivity index (χ1n) is 14.4. The fraction of sp³-hybridized carbons (Fsp3) is 0.222. The zero-order valence-corrected chi connectivity index (χ0v) is 25.1. The lowest BCUT2D eigenvalue weighted by Gasteiger charge is -2.41. The van der Waals surface area contributed by atoms with E-state index in [9.17, 15) is 9.59 Å². The van der Waals surface area contributed by atoms with Crippen LogP contribution in [0.3, 0.4) is 0 Å². The van der Waals surface area contributed by atoms with E-state index < -0.39 is 0 Å². The van der Waals surface area contributed by atoms with Crippen molar-refractivity contribution in [1.82, 2.24) is 4.90 Å². The van der Waals surface area contributed by atoms with Gasteiger partial charge in [0, 0.05) is 41.8 Å². The van der Waals surface area contributed by atoms with Crippen LogP contribution in [0.15, 0.2) is 107 Å².